The van der Waals surface area contributed by atoms with E-state index in [1.807, 2.05) is 73.0 Å². The van der Waals surface area contributed by atoms with Crippen LogP contribution in [0, 0.1) is 18.3 Å². The third-order valence-corrected chi connectivity index (χ3v) is 6.59. The molecule has 3 rings (SSSR count). The lowest BCUT2D eigenvalue weighted by molar-refractivity contribution is -0.117. The van der Waals surface area contributed by atoms with Crippen molar-refractivity contribution < 1.29 is 4.79 Å². The number of carbonyl (C=O) groups excluding carboxylic acids is 1. The number of thioether (sulfide) groups is 1. The molecular formula is C23H20ClN3OS2. The number of halogens is 1. The topological polar surface area (TPSA) is 64.9 Å². The molecule has 1 heterocycles. The highest BCUT2D eigenvalue weighted by molar-refractivity contribution is 8.02. The molecule has 30 heavy (non-hydrogen) atoms. The van der Waals surface area contributed by atoms with E-state index in [1.54, 1.807) is 11.3 Å². The van der Waals surface area contributed by atoms with Gasteiger partial charge in [0.05, 0.1) is 11.6 Å². The third kappa shape index (κ3) is 5.90. The van der Waals surface area contributed by atoms with Crippen LogP contribution in [0.15, 0.2) is 76.6 Å². The van der Waals surface area contributed by atoms with Crippen LogP contribution in [0.25, 0.3) is 0 Å². The van der Waals surface area contributed by atoms with Crippen LogP contribution in [0.3, 0.4) is 0 Å². The van der Waals surface area contributed by atoms with Gasteiger partial charge in [-0.25, -0.2) is 0 Å². The molecule has 0 unspecified atom stereocenters. The Morgan fingerprint density at radius 3 is 2.60 bits per heavy atom. The minimum Gasteiger partial charge on any atom is -0.349 e. The van der Waals surface area contributed by atoms with Crippen LogP contribution in [-0.4, -0.2) is 5.91 Å². The van der Waals surface area contributed by atoms with Gasteiger partial charge in [0, 0.05) is 21.3 Å². The van der Waals surface area contributed by atoms with Gasteiger partial charge in [-0.05, 0) is 41.6 Å². The minimum absolute atomic E-state index is 0.0480. The van der Waals surface area contributed by atoms with E-state index < -0.39 is 5.91 Å². The fourth-order valence-electron chi connectivity index (χ4n) is 2.65. The predicted molar refractivity (Wildman–Crippen MR) is 126 cm³/mol. The molecule has 0 aliphatic heterocycles. The predicted octanol–water partition coefficient (Wildman–Crippen LogP) is 6.11. The summed E-state index contributed by atoms with van der Waals surface area (Å²) in [7, 11) is 0. The van der Waals surface area contributed by atoms with Gasteiger partial charge in [0.1, 0.15) is 11.6 Å². The molecule has 2 aromatic carbocycles. The number of aryl methyl sites for hydroxylation is 1. The van der Waals surface area contributed by atoms with Crippen LogP contribution in [0.4, 0.5) is 5.69 Å². The van der Waals surface area contributed by atoms with E-state index in [-0.39, 0.29) is 5.57 Å². The number of nitrogens with zero attached hydrogens (tertiary/aromatic N) is 1. The fraction of sp³-hybridized carbons (Fsp3) is 0.130. The summed E-state index contributed by atoms with van der Waals surface area (Å²) < 4.78 is 0. The van der Waals surface area contributed by atoms with Crippen LogP contribution >= 0.6 is 34.7 Å². The molecule has 0 spiro atoms. The summed E-state index contributed by atoms with van der Waals surface area (Å²) in [6, 6.07) is 21.2. The first-order valence-electron chi connectivity index (χ1n) is 9.22. The normalized spacial score (nSPS) is 11.4. The molecule has 1 aromatic heterocycles. The van der Waals surface area contributed by atoms with Gasteiger partial charge in [-0.2, -0.15) is 5.26 Å². The maximum atomic E-state index is 12.8. The number of nitrogens with one attached hydrogen (secondary N) is 2. The zero-order valence-corrected chi connectivity index (χ0v) is 18.7. The largest absolute Gasteiger partial charge is 0.349 e. The molecule has 152 valence electrons. The van der Waals surface area contributed by atoms with Crippen molar-refractivity contribution in [2.75, 3.05) is 5.32 Å². The molecule has 0 atom stereocenters. The highest BCUT2D eigenvalue weighted by atomic mass is 35.5. The lowest BCUT2D eigenvalue weighted by Crippen LogP contribution is -2.25. The number of hydrogen-bond acceptors (Lipinski definition) is 5. The number of amides is 1. The molecule has 0 saturated carbocycles. The number of anilines is 1. The van der Waals surface area contributed by atoms with E-state index in [0.717, 1.165) is 21.7 Å². The summed E-state index contributed by atoms with van der Waals surface area (Å²) in [5.41, 5.74) is 2.85. The Morgan fingerprint density at radius 2 is 1.90 bits per heavy atom. The first-order valence-corrected chi connectivity index (χ1v) is 11.5. The van der Waals surface area contributed by atoms with Crippen molar-refractivity contribution in [1.82, 2.24) is 5.32 Å². The molecule has 0 aliphatic rings. The highest BCUT2D eigenvalue weighted by Gasteiger charge is 2.18. The Kier molecular flexibility index (Phi) is 7.97. The van der Waals surface area contributed by atoms with Crippen LogP contribution in [0.1, 0.15) is 16.0 Å². The molecule has 0 saturated heterocycles. The molecule has 0 radical (unpaired) electrons. The van der Waals surface area contributed by atoms with Crippen molar-refractivity contribution in [2.45, 2.75) is 19.2 Å². The van der Waals surface area contributed by atoms with Gasteiger partial charge in [0.15, 0.2) is 0 Å². The summed E-state index contributed by atoms with van der Waals surface area (Å²) in [6.45, 7) is 2.36. The fourth-order valence-corrected chi connectivity index (χ4v) is 4.59. The maximum absolute atomic E-state index is 12.8. The Bertz CT molecular complexity index is 1090. The number of carbonyl (C=O) groups is 1. The highest BCUT2D eigenvalue weighted by Crippen LogP contribution is 2.30. The third-order valence-electron chi connectivity index (χ3n) is 4.29. The van der Waals surface area contributed by atoms with Gasteiger partial charge in [0.25, 0.3) is 5.91 Å². The van der Waals surface area contributed by atoms with Crippen molar-refractivity contribution in [2.24, 2.45) is 0 Å². The maximum Gasteiger partial charge on any atom is 0.264 e. The molecule has 4 nitrogen and oxygen atoms in total. The van der Waals surface area contributed by atoms with E-state index in [1.165, 1.54) is 11.8 Å². The van der Waals surface area contributed by atoms with Crippen molar-refractivity contribution in [3.05, 3.63) is 97.7 Å². The van der Waals surface area contributed by atoms with Crippen molar-refractivity contribution in [3.8, 4) is 6.07 Å². The van der Waals surface area contributed by atoms with Crippen molar-refractivity contribution in [1.29, 1.82) is 5.26 Å². The van der Waals surface area contributed by atoms with E-state index in [2.05, 4.69) is 16.7 Å². The Hall–Kier alpha value is -2.72. The van der Waals surface area contributed by atoms with E-state index in [4.69, 9.17) is 11.6 Å². The average Bonchev–Trinajstić information content (AvgIpc) is 3.27. The monoisotopic (exact) mass is 453 g/mol. The van der Waals surface area contributed by atoms with E-state index in [9.17, 15) is 10.1 Å². The Morgan fingerprint density at radius 1 is 1.13 bits per heavy atom. The first kappa shape index (κ1) is 22.0. The molecule has 0 aliphatic carbocycles. The smallest absolute Gasteiger partial charge is 0.264 e. The molecule has 1 amide bonds. The number of rotatable bonds is 8. The van der Waals surface area contributed by atoms with Gasteiger partial charge in [-0.3, -0.25) is 4.79 Å². The van der Waals surface area contributed by atoms with Gasteiger partial charge in [-0.1, -0.05) is 54.1 Å². The standard InChI is InChI=1S/C23H20ClN3OS2/c1-16-7-2-5-11-21(16)27-23(30-15-17-8-3-4-10-20(17)24)19(13-25)22(28)26-14-18-9-6-12-29-18/h2-12,27H,14-15H2,1H3,(H,26,28). The zero-order valence-electron chi connectivity index (χ0n) is 16.3. The molecule has 0 fully saturated rings. The number of benzene rings is 2. The van der Waals surface area contributed by atoms with Gasteiger partial charge in [0.2, 0.25) is 0 Å². The van der Waals surface area contributed by atoms with Crippen molar-refractivity contribution >= 4 is 46.3 Å². The van der Waals surface area contributed by atoms with Gasteiger partial charge < -0.3 is 10.6 Å². The average molecular weight is 454 g/mol. The second-order valence-corrected chi connectivity index (χ2v) is 8.82. The SMILES string of the molecule is Cc1ccccc1NC(SCc1ccccc1Cl)=C(C#N)C(=O)NCc1cccs1. The summed E-state index contributed by atoms with van der Waals surface area (Å²) in [4.78, 5) is 13.8. The molecule has 3 aromatic rings. The lowest BCUT2D eigenvalue weighted by atomic mass is 10.2. The van der Waals surface area contributed by atoms with E-state index in [0.29, 0.717) is 22.3 Å². The molecule has 0 bridgehead atoms. The van der Waals surface area contributed by atoms with Gasteiger partial charge in [-0.15, -0.1) is 23.1 Å². The molecular weight excluding hydrogens is 434 g/mol. The quantitative estimate of drug-likeness (QED) is 0.319. The summed E-state index contributed by atoms with van der Waals surface area (Å²) in [5, 5.41) is 19.0. The minimum atomic E-state index is -0.409. The second-order valence-electron chi connectivity index (χ2n) is 6.40. The summed E-state index contributed by atoms with van der Waals surface area (Å²) in [5.74, 6) is 0.116. The van der Waals surface area contributed by atoms with Crippen LogP contribution < -0.4 is 10.6 Å². The van der Waals surface area contributed by atoms with Crippen LogP contribution in [0.2, 0.25) is 5.02 Å². The van der Waals surface area contributed by atoms with Crippen LogP contribution in [-0.2, 0) is 17.1 Å². The summed E-state index contributed by atoms with van der Waals surface area (Å²) in [6.07, 6.45) is 0. The van der Waals surface area contributed by atoms with Gasteiger partial charge >= 0.3 is 0 Å². The number of nitriles is 1. The van der Waals surface area contributed by atoms with Crippen LogP contribution in [0.5, 0.6) is 0 Å². The lowest BCUT2D eigenvalue weighted by Gasteiger charge is -2.15. The zero-order chi connectivity index (χ0) is 21.3. The number of para-hydroxylation sites is 1. The molecule has 7 heteroatoms. The first-order chi connectivity index (χ1) is 14.6. The number of hydrogen-bond donors (Lipinski definition) is 2. The van der Waals surface area contributed by atoms with Crippen molar-refractivity contribution in [3.63, 3.8) is 0 Å². The Balaban J connectivity index is 1.86. The second kappa shape index (κ2) is 10.9. The molecule has 2 N–H and O–H groups in total. The number of thiophene rings is 1. The van der Waals surface area contributed by atoms with E-state index >= 15 is 0 Å². The summed E-state index contributed by atoms with van der Waals surface area (Å²) >= 11 is 9.22. The Labute approximate surface area is 189 Å².